The largest absolute Gasteiger partial charge is 0.496 e. The van der Waals surface area contributed by atoms with Crippen molar-refractivity contribution in [3.05, 3.63) is 29.3 Å². The number of nitrogens with zero attached hydrogens (tertiary/aromatic N) is 2. The molecule has 1 aromatic rings. The van der Waals surface area contributed by atoms with Gasteiger partial charge in [0.15, 0.2) is 0 Å². The highest BCUT2D eigenvalue weighted by molar-refractivity contribution is 5.89. The van der Waals surface area contributed by atoms with Gasteiger partial charge in [0, 0.05) is 30.1 Å². The lowest BCUT2D eigenvalue weighted by Gasteiger charge is -2.06. The summed E-state index contributed by atoms with van der Waals surface area (Å²) in [6, 6.07) is 6.57. The number of methoxy groups -OCH3 is 1. The van der Waals surface area contributed by atoms with E-state index in [2.05, 4.69) is 23.8 Å². The van der Waals surface area contributed by atoms with Gasteiger partial charge < -0.3 is 4.74 Å². The molecule has 0 heterocycles. The fourth-order valence-electron chi connectivity index (χ4n) is 1.40. The van der Waals surface area contributed by atoms with E-state index < -0.39 is 0 Å². The van der Waals surface area contributed by atoms with Crippen molar-refractivity contribution in [2.45, 2.75) is 39.8 Å². The molecular weight excluding hydrogens is 224 g/mol. The van der Waals surface area contributed by atoms with E-state index in [1.165, 1.54) is 0 Å². The Balaban J connectivity index is 3.01. The fourth-order valence-corrected chi connectivity index (χ4v) is 1.40. The van der Waals surface area contributed by atoms with E-state index in [4.69, 9.17) is 4.74 Å². The molecule has 0 saturated heterocycles. The van der Waals surface area contributed by atoms with Gasteiger partial charge in [-0.1, -0.05) is 0 Å². The van der Waals surface area contributed by atoms with E-state index in [1.807, 2.05) is 44.5 Å². The first-order valence-electron chi connectivity index (χ1n) is 6.27. The maximum atomic E-state index is 5.32. The summed E-state index contributed by atoms with van der Waals surface area (Å²) in [4.78, 5) is 8.77. The highest BCUT2D eigenvalue weighted by atomic mass is 16.5. The molecule has 0 aromatic heterocycles. The van der Waals surface area contributed by atoms with Crippen molar-refractivity contribution in [3.63, 3.8) is 0 Å². The Morgan fingerprint density at radius 1 is 1.00 bits per heavy atom. The Kier molecular flexibility index (Phi) is 5.56. The minimum Gasteiger partial charge on any atom is -0.496 e. The van der Waals surface area contributed by atoms with Gasteiger partial charge in [-0.05, 0) is 51.5 Å². The van der Waals surface area contributed by atoms with Crippen molar-refractivity contribution in [2.24, 2.45) is 9.98 Å². The van der Waals surface area contributed by atoms with Crippen LogP contribution in [0.5, 0.6) is 5.75 Å². The van der Waals surface area contributed by atoms with Crippen LogP contribution in [0.3, 0.4) is 0 Å². The molecule has 98 valence electrons. The van der Waals surface area contributed by atoms with Gasteiger partial charge in [0.1, 0.15) is 5.75 Å². The highest BCUT2D eigenvalue weighted by Gasteiger charge is 2.01. The molecule has 0 fully saturated rings. The smallest absolute Gasteiger partial charge is 0.127 e. The first-order valence-corrected chi connectivity index (χ1v) is 6.27. The summed E-state index contributed by atoms with van der Waals surface area (Å²) in [6.45, 7) is 8.21. The maximum Gasteiger partial charge on any atom is 0.127 e. The molecule has 0 saturated carbocycles. The molecule has 0 bridgehead atoms. The number of ether oxygens (including phenoxy) is 1. The van der Waals surface area contributed by atoms with Crippen LogP contribution in [0.4, 0.5) is 0 Å². The van der Waals surface area contributed by atoms with E-state index >= 15 is 0 Å². The maximum absolute atomic E-state index is 5.32. The van der Waals surface area contributed by atoms with Gasteiger partial charge in [-0.15, -0.1) is 0 Å². The van der Waals surface area contributed by atoms with Crippen molar-refractivity contribution in [2.75, 3.05) is 7.11 Å². The van der Waals surface area contributed by atoms with E-state index in [1.54, 1.807) is 7.11 Å². The first kappa shape index (κ1) is 14.4. The van der Waals surface area contributed by atoms with Gasteiger partial charge in [0.05, 0.1) is 7.11 Å². The number of aliphatic imine (C=N–C) groups is 2. The molecule has 18 heavy (non-hydrogen) atoms. The average Bonchev–Trinajstić information content (AvgIpc) is 2.33. The second-order valence-electron chi connectivity index (χ2n) is 4.75. The van der Waals surface area contributed by atoms with Crippen molar-refractivity contribution in [3.8, 4) is 5.75 Å². The summed E-state index contributed by atoms with van der Waals surface area (Å²) in [5, 5.41) is 0. The molecule has 0 radical (unpaired) electrons. The monoisotopic (exact) mass is 246 g/mol. The summed E-state index contributed by atoms with van der Waals surface area (Å²) < 4.78 is 5.32. The minimum atomic E-state index is 0.280. The van der Waals surface area contributed by atoms with Crippen molar-refractivity contribution in [1.29, 1.82) is 0 Å². The lowest BCUT2D eigenvalue weighted by atomic mass is 10.1. The number of hydrogen-bond acceptors (Lipinski definition) is 3. The van der Waals surface area contributed by atoms with E-state index in [-0.39, 0.29) is 6.04 Å². The molecule has 1 aromatic carbocycles. The third-order valence-electron chi connectivity index (χ3n) is 2.29. The van der Waals surface area contributed by atoms with Gasteiger partial charge in [0.2, 0.25) is 0 Å². The van der Waals surface area contributed by atoms with Crippen LogP contribution >= 0.6 is 0 Å². The molecule has 0 unspecified atom stereocenters. The zero-order valence-electron chi connectivity index (χ0n) is 11.8. The predicted molar refractivity (Wildman–Crippen MR) is 78.5 cm³/mol. The van der Waals surface area contributed by atoms with E-state index in [0.29, 0.717) is 6.04 Å². The van der Waals surface area contributed by atoms with Crippen molar-refractivity contribution >= 4 is 12.4 Å². The lowest BCUT2D eigenvalue weighted by Crippen LogP contribution is -1.97. The van der Waals surface area contributed by atoms with Crippen molar-refractivity contribution in [1.82, 2.24) is 0 Å². The standard InChI is InChI=1S/C15H22N2O/c1-11(2)16-9-13-6-7-15(18-5)14(8-13)10-17-12(3)4/h6-12H,1-5H3. The quantitative estimate of drug-likeness (QED) is 0.733. The third-order valence-corrected chi connectivity index (χ3v) is 2.29. The predicted octanol–water partition coefficient (Wildman–Crippen LogP) is 3.35. The number of rotatable bonds is 5. The van der Waals surface area contributed by atoms with E-state index in [0.717, 1.165) is 16.9 Å². The van der Waals surface area contributed by atoms with Gasteiger partial charge in [-0.2, -0.15) is 0 Å². The lowest BCUT2D eigenvalue weighted by molar-refractivity contribution is 0.414. The second kappa shape index (κ2) is 6.94. The zero-order chi connectivity index (χ0) is 13.5. The summed E-state index contributed by atoms with van der Waals surface area (Å²) in [5.74, 6) is 0.834. The molecule has 0 aliphatic heterocycles. The van der Waals surface area contributed by atoms with Crippen LogP contribution < -0.4 is 4.74 Å². The Morgan fingerprint density at radius 3 is 2.17 bits per heavy atom. The third kappa shape index (κ3) is 4.70. The molecule has 0 spiro atoms. The molecule has 0 aliphatic rings. The number of benzene rings is 1. The topological polar surface area (TPSA) is 34.0 Å². The Labute approximate surface area is 110 Å². The average molecular weight is 246 g/mol. The van der Waals surface area contributed by atoms with Crippen LogP contribution in [-0.4, -0.2) is 31.6 Å². The van der Waals surface area contributed by atoms with Crippen LogP contribution in [0.15, 0.2) is 28.2 Å². The van der Waals surface area contributed by atoms with Gasteiger partial charge in [0.25, 0.3) is 0 Å². The summed E-state index contributed by atoms with van der Waals surface area (Å²) >= 11 is 0. The normalized spacial score (nSPS) is 12.2. The van der Waals surface area contributed by atoms with Gasteiger partial charge in [-0.25, -0.2) is 0 Å². The fraction of sp³-hybridized carbons (Fsp3) is 0.467. The number of hydrogen-bond donors (Lipinski definition) is 0. The SMILES string of the molecule is COc1ccc(C=NC(C)C)cc1C=NC(C)C. The van der Waals surface area contributed by atoms with Gasteiger partial charge >= 0.3 is 0 Å². The minimum absolute atomic E-state index is 0.280. The molecule has 0 amide bonds. The van der Waals surface area contributed by atoms with Crippen LogP contribution in [0.25, 0.3) is 0 Å². The summed E-state index contributed by atoms with van der Waals surface area (Å²) in [7, 11) is 1.67. The Morgan fingerprint density at radius 2 is 1.61 bits per heavy atom. The highest BCUT2D eigenvalue weighted by Crippen LogP contribution is 2.17. The molecule has 3 nitrogen and oxygen atoms in total. The second-order valence-corrected chi connectivity index (χ2v) is 4.75. The molecule has 3 heteroatoms. The van der Waals surface area contributed by atoms with Crippen LogP contribution in [0, 0.1) is 0 Å². The summed E-state index contributed by atoms with van der Waals surface area (Å²) in [6.07, 6.45) is 3.74. The van der Waals surface area contributed by atoms with Crippen LogP contribution in [-0.2, 0) is 0 Å². The summed E-state index contributed by atoms with van der Waals surface area (Å²) in [5.41, 5.74) is 2.05. The van der Waals surface area contributed by atoms with Gasteiger partial charge in [-0.3, -0.25) is 9.98 Å². The zero-order valence-corrected chi connectivity index (χ0v) is 11.8. The Hall–Kier alpha value is -1.64. The van der Waals surface area contributed by atoms with Crippen LogP contribution in [0.1, 0.15) is 38.8 Å². The van der Waals surface area contributed by atoms with Crippen molar-refractivity contribution < 1.29 is 4.74 Å². The van der Waals surface area contributed by atoms with E-state index in [9.17, 15) is 0 Å². The molecule has 0 N–H and O–H groups in total. The Bertz CT molecular complexity index is 434. The molecule has 0 atom stereocenters. The first-order chi connectivity index (χ1) is 8.52. The molecule has 0 aliphatic carbocycles. The van der Waals surface area contributed by atoms with Crippen LogP contribution in [0.2, 0.25) is 0 Å². The molecular formula is C15H22N2O. The molecule has 1 rings (SSSR count).